The highest BCUT2D eigenvalue weighted by atomic mass is 32.1. The zero-order valence-corrected chi connectivity index (χ0v) is 19.3. The number of carbonyl (C=O) groups is 1. The van der Waals surface area contributed by atoms with Crippen LogP contribution >= 0.6 is 11.3 Å². The third kappa shape index (κ3) is 6.03. The Bertz CT molecular complexity index is 1020. The summed E-state index contributed by atoms with van der Waals surface area (Å²) in [5.41, 5.74) is 0.160. The zero-order chi connectivity index (χ0) is 22.4. The minimum absolute atomic E-state index is 0.398. The molecule has 0 atom stereocenters. The van der Waals surface area contributed by atoms with Crippen molar-refractivity contribution in [2.45, 2.75) is 73.6 Å². The number of esters is 1. The van der Waals surface area contributed by atoms with Gasteiger partial charge in [0, 0.05) is 6.54 Å². The van der Waals surface area contributed by atoms with E-state index in [1.807, 2.05) is 39.2 Å². The van der Waals surface area contributed by atoms with Gasteiger partial charge >= 0.3 is 11.7 Å². The number of thiophene rings is 1. The van der Waals surface area contributed by atoms with Gasteiger partial charge in [0.05, 0.1) is 5.39 Å². The van der Waals surface area contributed by atoms with Crippen LogP contribution in [0, 0.1) is 6.92 Å². The van der Waals surface area contributed by atoms with Crippen molar-refractivity contribution in [3.05, 3.63) is 56.1 Å². The molecule has 2 aromatic heterocycles. The van der Waals surface area contributed by atoms with Crippen molar-refractivity contribution in [3.63, 3.8) is 0 Å². The fourth-order valence-corrected chi connectivity index (χ4v) is 3.86. The van der Waals surface area contributed by atoms with Gasteiger partial charge in [-0.25, -0.2) is 9.36 Å². The van der Waals surface area contributed by atoms with Crippen molar-refractivity contribution < 1.29 is 9.53 Å². The van der Waals surface area contributed by atoms with Crippen molar-refractivity contribution >= 4 is 27.5 Å². The Morgan fingerprint density at radius 1 is 1.24 bits per heavy atom. The lowest BCUT2D eigenvalue weighted by Crippen LogP contribution is -2.42. The quantitative estimate of drug-likeness (QED) is 0.512. The number of aromatic nitrogens is 2. The molecule has 7 heteroatoms. The molecule has 0 saturated heterocycles. The highest BCUT2D eigenvalue weighted by Crippen LogP contribution is 2.22. The standard InChI is InChI=1S/C20H26N2O4S.C2H6/c1-7-14(8-2)9-10-21-18-16(13(3)12-27-18)17(24)22(19(21)25)11-15(23)26-20(4,5)6;1-2/h7-8,12H,1,9-11H2,2-6H3;1-2H3/b14-8+;. The molecule has 0 bridgehead atoms. The molecule has 2 heterocycles. The first kappa shape index (κ1) is 24.6. The van der Waals surface area contributed by atoms with Gasteiger partial charge in [0.2, 0.25) is 0 Å². The Labute approximate surface area is 176 Å². The van der Waals surface area contributed by atoms with Gasteiger partial charge in [0.1, 0.15) is 17.0 Å². The van der Waals surface area contributed by atoms with Crippen LogP contribution < -0.4 is 11.2 Å². The highest BCUT2D eigenvalue weighted by Gasteiger charge is 2.21. The van der Waals surface area contributed by atoms with Crippen molar-refractivity contribution in [3.8, 4) is 0 Å². The second-order valence-electron chi connectivity index (χ2n) is 7.33. The molecule has 0 aromatic carbocycles. The lowest BCUT2D eigenvalue weighted by atomic mass is 10.2. The third-order valence-corrected chi connectivity index (χ3v) is 5.20. The zero-order valence-electron chi connectivity index (χ0n) is 18.5. The van der Waals surface area contributed by atoms with Crippen molar-refractivity contribution in [2.75, 3.05) is 0 Å². The second-order valence-corrected chi connectivity index (χ2v) is 8.19. The fraction of sp³-hybridized carbons (Fsp3) is 0.500. The summed E-state index contributed by atoms with van der Waals surface area (Å²) in [7, 11) is 0. The van der Waals surface area contributed by atoms with Gasteiger partial charge in [-0.1, -0.05) is 38.2 Å². The minimum atomic E-state index is -0.688. The Morgan fingerprint density at radius 3 is 2.38 bits per heavy atom. The van der Waals surface area contributed by atoms with Crippen LogP contribution in [0.15, 0.2) is 39.3 Å². The summed E-state index contributed by atoms with van der Waals surface area (Å²) < 4.78 is 7.81. The number of ether oxygens (including phenoxy) is 1. The summed E-state index contributed by atoms with van der Waals surface area (Å²) in [5.74, 6) is -0.610. The Morgan fingerprint density at radius 2 is 1.86 bits per heavy atom. The molecule has 2 rings (SSSR count). The summed E-state index contributed by atoms with van der Waals surface area (Å²) in [5, 5.41) is 2.33. The van der Waals surface area contributed by atoms with E-state index in [1.165, 1.54) is 11.3 Å². The van der Waals surface area contributed by atoms with E-state index >= 15 is 0 Å². The van der Waals surface area contributed by atoms with Gasteiger partial charge in [-0.15, -0.1) is 11.3 Å². The molecule has 160 valence electrons. The first-order valence-corrected chi connectivity index (χ1v) is 10.7. The van der Waals surface area contributed by atoms with Crippen LogP contribution in [0.1, 0.15) is 53.5 Å². The summed E-state index contributed by atoms with van der Waals surface area (Å²) in [6.07, 6.45) is 4.29. The molecule has 0 radical (unpaired) electrons. The van der Waals surface area contributed by atoms with Crippen LogP contribution in [0.4, 0.5) is 0 Å². The average molecular weight is 421 g/mol. The summed E-state index contributed by atoms with van der Waals surface area (Å²) >= 11 is 1.36. The number of aryl methyl sites for hydroxylation is 2. The molecule has 0 saturated carbocycles. The van der Waals surface area contributed by atoms with Gasteiger partial charge in [0.15, 0.2) is 0 Å². The Hall–Kier alpha value is -2.41. The van der Waals surface area contributed by atoms with E-state index in [9.17, 15) is 14.4 Å². The van der Waals surface area contributed by atoms with E-state index < -0.39 is 29.4 Å². The first-order valence-electron chi connectivity index (χ1n) is 9.80. The average Bonchev–Trinajstić information content (AvgIpc) is 3.03. The van der Waals surface area contributed by atoms with Gasteiger partial charge < -0.3 is 4.74 Å². The van der Waals surface area contributed by atoms with Crippen LogP contribution in [-0.4, -0.2) is 20.7 Å². The number of allylic oxidation sites excluding steroid dienone is 3. The maximum atomic E-state index is 13.0. The molecule has 2 aromatic rings. The van der Waals surface area contributed by atoms with Crippen LogP contribution in [-0.2, 0) is 22.6 Å². The number of hydrogen-bond donors (Lipinski definition) is 0. The van der Waals surface area contributed by atoms with E-state index in [2.05, 4.69) is 6.58 Å². The van der Waals surface area contributed by atoms with E-state index in [0.29, 0.717) is 23.2 Å². The minimum Gasteiger partial charge on any atom is -0.459 e. The fourth-order valence-electron chi connectivity index (χ4n) is 2.79. The van der Waals surface area contributed by atoms with E-state index in [1.54, 1.807) is 31.4 Å². The molecule has 29 heavy (non-hydrogen) atoms. The van der Waals surface area contributed by atoms with Gasteiger partial charge in [-0.3, -0.25) is 14.2 Å². The maximum absolute atomic E-state index is 13.0. The molecule has 0 spiro atoms. The van der Waals surface area contributed by atoms with E-state index in [4.69, 9.17) is 4.74 Å². The topological polar surface area (TPSA) is 70.3 Å². The van der Waals surface area contributed by atoms with E-state index in [-0.39, 0.29) is 0 Å². The Kier molecular flexibility index (Phi) is 8.82. The largest absolute Gasteiger partial charge is 0.459 e. The molecule has 6 nitrogen and oxygen atoms in total. The van der Waals surface area contributed by atoms with Crippen LogP contribution in [0.3, 0.4) is 0 Å². The van der Waals surface area contributed by atoms with Crippen LogP contribution in [0.25, 0.3) is 10.2 Å². The molecular formula is C22H32N2O4S. The van der Waals surface area contributed by atoms with Crippen molar-refractivity contribution in [1.82, 2.24) is 9.13 Å². The number of nitrogens with zero attached hydrogens (tertiary/aromatic N) is 2. The number of fused-ring (bicyclic) bond motifs is 1. The van der Waals surface area contributed by atoms with Gasteiger partial charge in [-0.05, 0) is 52.0 Å². The molecule has 0 aliphatic carbocycles. The molecule has 0 aliphatic rings. The van der Waals surface area contributed by atoms with Gasteiger partial charge in [0.25, 0.3) is 5.56 Å². The smallest absolute Gasteiger partial charge is 0.332 e. The van der Waals surface area contributed by atoms with Crippen molar-refractivity contribution in [1.29, 1.82) is 0 Å². The van der Waals surface area contributed by atoms with Crippen molar-refractivity contribution in [2.24, 2.45) is 0 Å². The van der Waals surface area contributed by atoms with Crippen LogP contribution in [0.2, 0.25) is 0 Å². The number of carbonyl (C=O) groups excluding carboxylic acids is 1. The normalized spacial score (nSPS) is 11.8. The Balaban J connectivity index is 0.00000204. The van der Waals surface area contributed by atoms with Gasteiger partial charge in [-0.2, -0.15) is 0 Å². The predicted octanol–water partition coefficient (Wildman–Crippen LogP) is 4.42. The summed E-state index contributed by atoms with van der Waals surface area (Å²) in [6, 6.07) is 0. The molecule has 0 fully saturated rings. The SMILES string of the molecule is C=C/C(=C\C)CCn1c(=O)n(CC(=O)OC(C)(C)C)c(=O)c2c(C)csc21.CC. The molecular weight excluding hydrogens is 388 g/mol. The second kappa shape index (κ2) is 10.4. The van der Waals surface area contributed by atoms with E-state index in [0.717, 1.165) is 15.7 Å². The predicted molar refractivity (Wildman–Crippen MR) is 121 cm³/mol. The highest BCUT2D eigenvalue weighted by molar-refractivity contribution is 7.17. The monoisotopic (exact) mass is 420 g/mol. The number of hydrogen-bond acceptors (Lipinski definition) is 5. The summed E-state index contributed by atoms with van der Waals surface area (Å²) in [6.45, 7) is 16.7. The molecule has 0 unspecified atom stereocenters. The molecule has 0 aliphatic heterocycles. The lowest BCUT2D eigenvalue weighted by Gasteiger charge is -2.20. The lowest BCUT2D eigenvalue weighted by molar-refractivity contribution is -0.155. The summed E-state index contributed by atoms with van der Waals surface area (Å²) in [4.78, 5) is 38.7. The number of rotatable bonds is 6. The molecule has 0 amide bonds. The third-order valence-electron chi connectivity index (χ3n) is 4.09. The molecule has 0 N–H and O–H groups in total. The first-order chi connectivity index (χ1) is 13.6. The van der Waals surface area contributed by atoms with Crippen LogP contribution in [0.5, 0.6) is 0 Å². The maximum Gasteiger partial charge on any atom is 0.332 e.